The first-order valence-electron chi connectivity index (χ1n) is 23.1. The van der Waals surface area contributed by atoms with Gasteiger partial charge in [0.2, 0.25) is 41.4 Å². The fourth-order valence-corrected chi connectivity index (χ4v) is 7.05. The lowest BCUT2D eigenvalue weighted by molar-refractivity contribution is -0.141. The number of aliphatic imine (C=N–C) groups is 2. The lowest BCUT2D eigenvalue weighted by atomic mass is 9.96. The van der Waals surface area contributed by atoms with E-state index >= 15 is 0 Å². The van der Waals surface area contributed by atoms with Crippen LogP contribution >= 0.6 is 0 Å². The van der Waals surface area contributed by atoms with E-state index in [0.29, 0.717) is 30.2 Å². The Morgan fingerprint density at radius 2 is 1.13 bits per heavy atom. The van der Waals surface area contributed by atoms with E-state index in [-0.39, 0.29) is 68.4 Å². The number of carboxylic acid groups (broad SMARTS) is 2. The molecule has 0 unspecified atom stereocenters. The van der Waals surface area contributed by atoms with E-state index in [0.717, 1.165) is 6.92 Å². The van der Waals surface area contributed by atoms with Crippen molar-refractivity contribution in [3.05, 3.63) is 40.2 Å². The van der Waals surface area contributed by atoms with Crippen LogP contribution in [0.2, 0.25) is 0 Å². The Morgan fingerprint density at radius 3 is 1.62 bits per heavy atom. The Hall–Kier alpha value is -7.80. The van der Waals surface area contributed by atoms with Crippen LogP contribution in [-0.4, -0.2) is 125 Å². The van der Waals surface area contributed by atoms with Crippen molar-refractivity contribution in [1.82, 2.24) is 31.9 Å². The first-order valence-corrected chi connectivity index (χ1v) is 23.1. The molecule has 0 saturated carbocycles. The molecule has 1 aromatic carbocycles. The summed E-state index contributed by atoms with van der Waals surface area (Å²) in [7, 11) is 0. The van der Waals surface area contributed by atoms with Crippen molar-refractivity contribution in [3.63, 3.8) is 0 Å². The number of guanidine groups is 2. The summed E-state index contributed by atoms with van der Waals surface area (Å²) < 4.78 is 5.31. The second-order valence-corrected chi connectivity index (χ2v) is 16.9. The standard InChI is InChI=1S/C45H69N13O13/c1-6-8-11-28(39(66)54-29(12-9-18-50-44(46)47)38(65)53-26-14-15-27-24(4)20-36(64)71-33(27)21-26)57-43(70)37(23(3)7-2)58-41(68)31(16-17-34(60)61)56-40(67)30(13-10-19-51-45(48)49)55-42(69)32(22-35(62)63)52-25(5)59/h14-15,20-21,23,28-32,37H,6-13,16-19,22H2,1-5H3,(H,52,59)(H,53,65)(H,54,66)(H,55,69)(H,56,67)(H,57,70)(H,58,68)(H,60,61)(H,62,63)(H4,46,47,50)(H4,48,49,51)/t23-,28-,29-,30-,31-,32-,37-/m0/s1. The van der Waals surface area contributed by atoms with Crippen LogP contribution in [0.3, 0.4) is 0 Å². The smallest absolute Gasteiger partial charge is 0.336 e. The predicted octanol–water partition coefficient (Wildman–Crippen LogP) is -1.35. The molecule has 2 rings (SSSR count). The van der Waals surface area contributed by atoms with Crippen LogP contribution in [0.5, 0.6) is 0 Å². The number of nitrogens with one attached hydrogen (secondary N) is 7. The average Bonchev–Trinajstić information content (AvgIpc) is 3.28. The number of aliphatic carboxylic acids is 2. The number of carbonyl (C=O) groups is 9. The zero-order valence-electron chi connectivity index (χ0n) is 40.6. The molecule has 0 aliphatic heterocycles. The van der Waals surface area contributed by atoms with Gasteiger partial charge in [0.15, 0.2) is 11.9 Å². The van der Waals surface area contributed by atoms with Crippen molar-refractivity contribution < 1.29 is 57.8 Å². The monoisotopic (exact) mass is 1000 g/mol. The molecule has 71 heavy (non-hydrogen) atoms. The number of rotatable bonds is 31. The molecule has 7 atom stereocenters. The molecule has 0 saturated heterocycles. The molecule has 0 bridgehead atoms. The number of nitrogens with two attached hydrogens (primary N) is 4. The van der Waals surface area contributed by atoms with Crippen LogP contribution in [0.4, 0.5) is 5.69 Å². The Kier molecular flexibility index (Phi) is 25.0. The average molecular weight is 1000 g/mol. The lowest BCUT2D eigenvalue weighted by Crippen LogP contribution is -2.60. The number of anilines is 1. The summed E-state index contributed by atoms with van der Waals surface area (Å²) in [6.07, 6.45) is -0.358. The summed E-state index contributed by atoms with van der Waals surface area (Å²) in [4.78, 5) is 138. The minimum absolute atomic E-state index is 0.0155. The molecule has 0 spiro atoms. The van der Waals surface area contributed by atoms with Gasteiger partial charge in [0.25, 0.3) is 0 Å². The molecule has 1 heterocycles. The molecule has 0 aliphatic rings. The topological polar surface area (TPSA) is 437 Å². The Balaban J connectivity index is 2.44. The van der Waals surface area contributed by atoms with Gasteiger partial charge in [0.05, 0.1) is 6.42 Å². The molecular formula is C45H69N13O13. The molecule has 0 radical (unpaired) electrons. The fraction of sp³-hybridized carbons (Fsp3) is 0.556. The number of hydrogen-bond donors (Lipinski definition) is 13. The molecular weight excluding hydrogens is 931 g/mol. The first kappa shape index (κ1) is 59.3. The Bertz CT molecular complexity index is 2310. The molecule has 0 fully saturated rings. The van der Waals surface area contributed by atoms with E-state index in [1.165, 1.54) is 12.1 Å². The van der Waals surface area contributed by atoms with E-state index in [9.17, 15) is 58.2 Å². The molecule has 0 aliphatic carbocycles. The molecule has 2 aromatic rings. The summed E-state index contributed by atoms with van der Waals surface area (Å²) in [6.45, 7) is 8.11. The third-order valence-electron chi connectivity index (χ3n) is 11.0. The number of carboxylic acids is 2. The quantitative estimate of drug-likeness (QED) is 0.0180. The lowest BCUT2D eigenvalue weighted by Gasteiger charge is -2.29. The summed E-state index contributed by atoms with van der Waals surface area (Å²) in [5.41, 5.74) is 22.3. The maximum atomic E-state index is 14.2. The minimum Gasteiger partial charge on any atom is -0.481 e. The highest BCUT2D eigenvalue weighted by molar-refractivity contribution is 6.00. The largest absolute Gasteiger partial charge is 0.481 e. The number of amides is 7. The molecule has 26 nitrogen and oxygen atoms in total. The van der Waals surface area contributed by atoms with Gasteiger partial charge < -0.3 is 74.8 Å². The summed E-state index contributed by atoms with van der Waals surface area (Å²) >= 11 is 0. The second kappa shape index (κ2) is 29.9. The van der Waals surface area contributed by atoms with Gasteiger partial charge in [0.1, 0.15) is 41.8 Å². The number of hydrogen-bond acceptors (Lipinski definition) is 13. The molecule has 17 N–H and O–H groups in total. The van der Waals surface area contributed by atoms with Crippen molar-refractivity contribution in [2.24, 2.45) is 38.8 Å². The van der Waals surface area contributed by atoms with Gasteiger partial charge in [-0.3, -0.25) is 53.1 Å². The minimum atomic E-state index is -1.62. The van der Waals surface area contributed by atoms with Gasteiger partial charge in [-0.15, -0.1) is 0 Å². The number of aryl methyl sites for hydroxylation is 1. The zero-order chi connectivity index (χ0) is 53.4. The van der Waals surface area contributed by atoms with Gasteiger partial charge in [-0.1, -0.05) is 40.0 Å². The maximum Gasteiger partial charge on any atom is 0.336 e. The molecule has 392 valence electrons. The van der Waals surface area contributed by atoms with Gasteiger partial charge in [-0.2, -0.15) is 0 Å². The van der Waals surface area contributed by atoms with Crippen LogP contribution in [-0.2, 0) is 43.2 Å². The summed E-state index contributed by atoms with van der Waals surface area (Å²) in [5.74, 6) is -9.85. The van der Waals surface area contributed by atoms with Gasteiger partial charge in [0, 0.05) is 49.6 Å². The van der Waals surface area contributed by atoms with Crippen molar-refractivity contribution >= 4 is 81.9 Å². The Morgan fingerprint density at radius 1 is 0.634 bits per heavy atom. The maximum absolute atomic E-state index is 14.2. The van der Waals surface area contributed by atoms with E-state index in [2.05, 4.69) is 47.2 Å². The first-order chi connectivity index (χ1) is 33.4. The van der Waals surface area contributed by atoms with Crippen molar-refractivity contribution in [2.45, 2.75) is 141 Å². The van der Waals surface area contributed by atoms with Crippen LogP contribution < -0.4 is 65.8 Å². The predicted molar refractivity (Wildman–Crippen MR) is 261 cm³/mol. The van der Waals surface area contributed by atoms with Crippen molar-refractivity contribution in [2.75, 3.05) is 18.4 Å². The number of benzene rings is 1. The molecule has 7 amide bonds. The van der Waals surface area contributed by atoms with E-state index in [4.69, 9.17) is 27.4 Å². The number of fused-ring (bicyclic) bond motifs is 1. The van der Waals surface area contributed by atoms with Crippen LogP contribution in [0.1, 0.15) is 104 Å². The van der Waals surface area contributed by atoms with Crippen molar-refractivity contribution in [3.8, 4) is 0 Å². The highest BCUT2D eigenvalue weighted by Gasteiger charge is 2.35. The second-order valence-electron chi connectivity index (χ2n) is 16.9. The number of nitrogens with zero attached hydrogens (tertiary/aromatic N) is 2. The third-order valence-corrected chi connectivity index (χ3v) is 11.0. The molecule has 26 heteroatoms. The van der Waals surface area contributed by atoms with Gasteiger partial charge >= 0.3 is 17.6 Å². The number of unbranched alkanes of at least 4 members (excludes halogenated alkanes) is 1. The van der Waals surface area contributed by atoms with E-state index in [1.807, 2.05) is 6.92 Å². The molecule has 1 aromatic heterocycles. The van der Waals surface area contributed by atoms with Gasteiger partial charge in [-0.25, -0.2) is 4.79 Å². The van der Waals surface area contributed by atoms with Crippen LogP contribution in [0.15, 0.2) is 43.5 Å². The SMILES string of the molecule is CCCC[C@H](NC(=O)[C@@H](NC(=O)[C@H](CCC(=O)O)NC(=O)[C@H](CCCN=C(N)N)NC(=O)[C@H](CC(=O)O)NC(C)=O)[C@@H](C)CC)C(=O)N[C@@H](CCCN=C(N)N)C(=O)Nc1ccc2c(C)cc(=O)oc2c1. The Labute approximate surface area is 409 Å². The fourth-order valence-electron chi connectivity index (χ4n) is 7.05. The van der Waals surface area contributed by atoms with Crippen LogP contribution in [0, 0.1) is 12.8 Å². The number of carbonyl (C=O) groups excluding carboxylic acids is 7. The highest BCUT2D eigenvalue weighted by Crippen LogP contribution is 2.21. The zero-order valence-corrected chi connectivity index (χ0v) is 40.6. The van der Waals surface area contributed by atoms with Crippen molar-refractivity contribution in [1.29, 1.82) is 0 Å². The normalized spacial score (nSPS) is 13.8. The van der Waals surface area contributed by atoms with Gasteiger partial charge in [-0.05, 0) is 69.1 Å². The summed E-state index contributed by atoms with van der Waals surface area (Å²) in [5, 5.41) is 37.3. The van der Waals surface area contributed by atoms with E-state index in [1.54, 1.807) is 32.9 Å². The van der Waals surface area contributed by atoms with E-state index < -0.39 is 120 Å². The summed E-state index contributed by atoms with van der Waals surface area (Å²) in [6, 6.07) is -2.48. The third kappa shape index (κ3) is 21.6. The van der Waals surface area contributed by atoms with Crippen LogP contribution in [0.25, 0.3) is 11.0 Å². The highest BCUT2D eigenvalue weighted by atomic mass is 16.4.